The van der Waals surface area contributed by atoms with Crippen LogP contribution in [0.15, 0.2) is 24.3 Å². The Hall–Kier alpha value is -2.56. The SMILES string of the molecule is COc1ccc2c(c1N)CCCC2c1cc(OC)c(OC)c(OC)c1. The van der Waals surface area contributed by atoms with Crippen LogP contribution in [0, 0.1) is 0 Å². The molecule has 5 nitrogen and oxygen atoms in total. The Morgan fingerprint density at radius 2 is 1.52 bits per heavy atom. The van der Waals surface area contributed by atoms with Crippen LogP contribution in [0.2, 0.25) is 0 Å². The van der Waals surface area contributed by atoms with Crippen molar-refractivity contribution in [3.05, 3.63) is 41.0 Å². The van der Waals surface area contributed by atoms with Gasteiger partial charge in [0.15, 0.2) is 11.5 Å². The zero-order valence-electron chi connectivity index (χ0n) is 15.2. The molecule has 25 heavy (non-hydrogen) atoms. The molecule has 0 saturated carbocycles. The third-order valence-electron chi connectivity index (χ3n) is 4.96. The fourth-order valence-corrected chi connectivity index (χ4v) is 3.73. The monoisotopic (exact) mass is 343 g/mol. The Kier molecular flexibility index (Phi) is 4.93. The summed E-state index contributed by atoms with van der Waals surface area (Å²) in [4.78, 5) is 0. The first kappa shape index (κ1) is 17.3. The highest BCUT2D eigenvalue weighted by molar-refractivity contribution is 5.64. The Balaban J connectivity index is 2.12. The number of hydrogen-bond donors (Lipinski definition) is 1. The zero-order valence-corrected chi connectivity index (χ0v) is 15.2. The van der Waals surface area contributed by atoms with Gasteiger partial charge in [-0.1, -0.05) is 6.07 Å². The highest BCUT2D eigenvalue weighted by Crippen LogP contribution is 2.46. The van der Waals surface area contributed by atoms with E-state index >= 15 is 0 Å². The van der Waals surface area contributed by atoms with E-state index in [1.165, 1.54) is 11.1 Å². The lowest BCUT2D eigenvalue weighted by atomic mass is 9.78. The average Bonchev–Trinajstić information content (AvgIpc) is 2.66. The van der Waals surface area contributed by atoms with Crippen molar-refractivity contribution >= 4 is 5.69 Å². The van der Waals surface area contributed by atoms with Gasteiger partial charge in [-0.2, -0.15) is 0 Å². The van der Waals surface area contributed by atoms with E-state index in [0.29, 0.717) is 17.2 Å². The predicted octanol–water partition coefficient (Wildman–Crippen LogP) is 3.77. The first-order valence-electron chi connectivity index (χ1n) is 8.39. The second-order valence-electron chi connectivity index (χ2n) is 6.15. The molecular formula is C20H25NO4. The summed E-state index contributed by atoms with van der Waals surface area (Å²) in [6.07, 6.45) is 3.10. The Morgan fingerprint density at radius 3 is 2.08 bits per heavy atom. The minimum absolute atomic E-state index is 0.241. The minimum Gasteiger partial charge on any atom is -0.495 e. The van der Waals surface area contributed by atoms with Gasteiger partial charge in [0.2, 0.25) is 5.75 Å². The van der Waals surface area contributed by atoms with Crippen LogP contribution in [0.1, 0.15) is 35.4 Å². The number of benzene rings is 2. The van der Waals surface area contributed by atoms with Crippen LogP contribution >= 0.6 is 0 Å². The van der Waals surface area contributed by atoms with Crippen LogP contribution in [-0.2, 0) is 6.42 Å². The topological polar surface area (TPSA) is 62.9 Å². The van der Waals surface area contributed by atoms with E-state index in [9.17, 15) is 0 Å². The molecule has 2 aromatic carbocycles. The Bertz CT molecular complexity index is 748. The molecule has 5 heteroatoms. The summed E-state index contributed by atoms with van der Waals surface area (Å²) in [5.74, 6) is 2.94. The van der Waals surface area contributed by atoms with Crippen molar-refractivity contribution in [3.63, 3.8) is 0 Å². The van der Waals surface area contributed by atoms with Crippen LogP contribution in [-0.4, -0.2) is 28.4 Å². The molecule has 0 radical (unpaired) electrons. The van der Waals surface area contributed by atoms with Crippen molar-refractivity contribution < 1.29 is 18.9 Å². The molecule has 1 unspecified atom stereocenters. The molecule has 0 saturated heterocycles. The molecule has 0 heterocycles. The third-order valence-corrected chi connectivity index (χ3v) is 4.96. The van der Waals surface area contributed by atoms with Crippen LogP contribution in [0.5, 0.6) is 23.0 Å². The smallest absolute Gasteiger partial charge is 0.203 e. The minimum atomic E-state index is 0.241. The van der Waals surface area contributed by atoms with E-state index in [1.807, 2.05) is 18.2 Å². The zero-order chi connectivity index (χ0) is 18.0. The van der Waals surface area contributed by atoms with Crippen molar-refractivity contribution in [2.75, 3.05) is 34.2 Å². The molecule has 0 aromatic heterocycles. The normalized spacial score (nSPS) is 16.1. The summed E-state index contributed by atoms with van der Waals surface area (Å²) in [5.41, 5.74) is 10.6. The van der Waals surface area contributed by atoms with Gasteiger partial charge in [-0.3, -0.25) is 0 Å². The number of hydrogen-bond acceptors (Lipinski definition) is 5. The van der Waals surface area contributed by atoms with Crippen molar-refractivity contribution in [2.24, 2.45) is 0 Å². The summed E-state index contributed by atoms with van der Waals surface area (Å²) in [7, 11) is 6.54. The van der Waals surface area contributed by atoms with Gasteiger partial charge < -0.3 is 24.7 Å². The van der Waals surface area contributed by atoms with Gasteiger partial charge in [0.1, 0.15) is 5.75 Å². The number of methoxy groups -OCH3 is 4. The molecule has 3 rings (SSSR count). The second-order valence-corrected chi connectivity index (χ2v) is 6.15. The molecule has 2 N–H and O–H groups in total. The number of ether oxygens (including phenoxy) is 4. The lowest BCUT2D eigenvalue weighted by Gasteiger charge is -2.28. The molecular weight excluding hydrogens is 318 g/mol. The van der Waals surface area contributed by atoms with Gasteiger partial charge >= 0.3 is 0 Å². The van der Waals surface area contributed by atoms with Gasteiger partial charge in [0.25, 0.3) is 0 Å². The summed E-state index contributed by atoms with van der Waals surface area (Å²) >= 11 is 0. The summed E-state index contributed by atoms with van der Waals surface area (Å²) in [6.45, 7) is 0. The van der Waals surface area contributed by atoms with E-state index in [-0.39, 0.29) is 5.92 Å². The number of fused-ring (bicyclic) bond motifs is 1. The Labute approximate surface area is 148 Å². The average molecular weight is 343 g/mol. The number of nitrogen functional groups attached to an aromatic ring is 1. The van der Waals surface area contributed by atoms with Crippen molar-refractivity contribution in [1.82, 2.24) is 0 Å². The van der Waals surface area contributed by atoms with Crippen LogP contribution in [0.4, 0.5) is 5.69 Å². The Morgan fingerprint density at radius 1 is 0.880 bits per heavy atom. The molecule has 0 aliphatic heterocycles. The largest absolute Gasteiger partial charge is 0.495 e. The molecule has 1 aliphatic carbocycles. The van der Waals surface area contributed by atoms with Gasteiger partial charge in [-0.25, -0.2) is 0 Å². The maximum absolute atomic E-state index is 6.32. The highest BCUT2D eigenvalue weighted by Gasteiger charge is 2.27. The molecule has 1 aliphatic rings. The molecule has 0 amide bonds. The summed E-state index contributed by atoms with van der Waals surface area (Å²) < 4.78 is 21.8. The molecule has 134 valence electrons. The first-order valence-corrected chi connectivity index (χ1v) is 8.39. The van der Waals surface area contributed by atoms with Crippen LogP contribution < -0.4 is 24.7 Å². The van der Waals surface area contributed by atoms with Crippen molar-refractivity contribution in [1.29, 1.82) is 0 Å². The number of rotatable bonds is 5. The molecule has 0 bridgehead atoms. The predicted molar refractivity (Wildman–Crippen MR) is 98.3 cm³/mol. The number of nitrogens with two attached hydrogens (primary N) is 1. The van der Waals surface area contributed by atoms with E-state index in [2.05, 4.69) is 6.07 Å². The van der Waals surface area contributed by atoms with Gasteiger partial charge in [-0.05, 0) is 54.2 Å². The van der Waals surface area contributed by atoms with Gasteiger partial charge in [0, 0.05) is 5.92 Å². The number of anilines is 1. The van der Waals surface area contributed by atoms with E-state index in [0.717, 1.165) is 36.3 Å². The van der Waals surface area contributed by atoms with Crippen molar-refractivity contribution in [3.8, 4) is 23.0 Å². The third kappa shape index (κ3) is 2.95. The summed E-state index contributed by atoms with van der Waals surface area (Å²) in [6, 6.07) is 8.13. The fraction of sp³-hybridized carbons (Fsp3) is 0.400. The van der Waals surface area contributed by atoms with Gasteiger partial charge in [-0.15, -0.1) is 0 Å². The van der Waals surface area contributed by atoms with E-state index < -0.39 is 0 Å². The lowest BCUT2D eigenvalue weighted by molar-refractivity contribution is 0.323. The van der Waals surface area contributed by atoms with Crippen LogP contribution in [0.25, 0.3) is 0 Å². The van der Waals surface area contributed by atoms with E-state index in [1.54, 1.807) is 28.4 Å². The maximum atomic E-state index is 6.32. The fourth-order valence-electron chi connectivity index (χ4n) is 3.73. The highest BCUT2D eigenvalue weighted by atomic mass is 16.5. The first-order chi connectivity index (χ1) is 12.1. The maximum Gasteiger partial charge on any atom is 0.203 e. The lowest BCUT2D eigenvalue weighted by Crippen LogP contribution is -2.14. The van der Waals surface area contributed by atoms with Crippen molar-refractivity contribution in [2.45, 2.75) is 25.2 Å². The molecule has 2 aromatic rings. The molecule has 0 fully saturated rings. The second kappa shape index (κ2) is 7.13. The molecule has 1 atom stereocenters. The molecule has 0 spiro atoms. The quantitative estimate of drug-likeness (QED) is 0.837. The van der Waals surface area contributed by atoms with E-state index in [4.69, 9.17) is 24.7 Å². The standard InChI is InChI=1S/C20H25NO4/c1-22-16-9-8-14-13(6-5-7-15(14)19(16)21)12-10-17(23-2)20(25-4)18(11-12)24-3/h8-11,13H,5-7,21H2,1-4H3. The van der Waals surface area contributed by atoms with Crippen LogP contribution in [0.3, 0.4) is 0 Å². The summed E-state index contributed by atoms with van der Waals surface area (Å²) in [5, 5.41) is 0. The van der Waals surface area contributed by atoms with Gasteiger partial charge in [0.05, 0.1) is 34.1 Å².